The third kappa shape index (κ3) is 5.26. The minimum absolute atomic E-state index is 0.0370. The predicted molar refractivity (Wildman–Crippen MR) is 127 cm³/mol. The lowest BCUT2D eigenvalue weighted by atomic mass is 10.1. The van der Waals surface area contributed by atoms with Gasteiger partial charge in [-0.1, -0.05) is 19.1 Å². The standard InChI is InChI=1S/C24H27N3O4S/c1-6-21(28)27-18-10-7-16(8-11-18)14(2)25-23(29)22-15(3)26-24(32-22)17-9-12-19(30-4)20(13-17)31-5/h7-14H,6H2,1-5H3,(H,25,29)(H,27,28). The van der Waals surface area contributed by atoms with Crippen molar-refractivity contribution in [2.24, 2.45) is 0 Å². The maximum Gasteiger partial charge on any atom is 0.263 e. The SMILES string of the molecule is CCC(=O)Nc1ccc(C(C)NC(=O)c2sc(-c3ccc(OC)c(OC)c3)nc2C)cc1. The van der Waals surface area contributed by atoms with Gasteiger partial charge in [0, 0.05) is 17.7 Å². The quantitative estimate of drug-likeness (QED) is 0.502. The number of carbonyl (C=O) groups excluding carboxylic acids is 2. The number of benzene rings is 2. The highest BCUT2D eigenvalue weighted by molar-refractivity contribution is 7.17. The molecule has 0 radical (unpaired) electrons. The minimum Gasteiger partial charge on any atom is -0.493 e. The summed E-state index contributed by atoms with van der Waals surface area (Å²) in [6.45, 7) is 5.55. The summed E-state index contributed by atoms with van der Waals surface area (Å²) in [6.07, 6.45) is 0.424. The molecule has 1 heterocycles. The lowest BCUT2D eigenvalue weighted by Crippen LogP contribution is -2.26. The normalized spacial score (nSPS) is 11.5. The van der Waals surface area contributed by atoms with Gasteiger partial charge in [0.05, 0.1) is 26.0 Å². The summed E-state index contributed by atoms with van der Waals surface area (Å²) in [4.78, 5) is 29.6. The summed E-state index contributed by atoms with van der Waals surface area (Å²) in [6, 6.07) is 12.8. The van der Waals surface area contributed by atoms with Gasteiger partial charge in [0.2, 0.25) is 5.91 Å². The molecule has 0 aliphatic rings. The van der Waals surface area contributed by atoms with Crippen LogP contribution in [0.25, 0.3) is 10.6 Å². The fraction of sp³-hybridized carbons (Fsp3) is 0.292. The molecule has 32 heavy (non-hydrogen) atoms. The number of amides is 2. The van der Waals surface area contributed by atoms with Crippen LogP contribution in [0.5, 0.6) is 11.5 Å². The second-order valence-electron chi connectivity index (χ2n) is 7.22. The van der Waals surface area contributed by atoms with E-state index in [-0.39, 0.29) is 17.9 Å². The Morgan fingerprint density at radius 2 is 1.75 bits per heavy atom. The largest absolute Gasteiger partial charge is 0.493 e. The molecule has 3 rings (SSSR count). The molecular weight excluding hydrogens is 426 g/mol. The van der Waals surface area contributed by atoms with Gasteiger partial charge >= 0.3 is 0 Å². The molecule has 0 bridgehead atoms. The Morgan fingerprint density at radius 3 is 2.38 bits per heavy atom. The molecule has 3 aromatic rings. The molecule has 7 nitrogen and oxygen atoms in total. The van der Waals surface area contributed by atoms with E-state index in [2.05, 4.69) is 15.6 Å². The first-order valence-corrected chi connectivity index (χ1v) is 11.1. The Bertz CT molecular complexity index is 1110. The van der Waals surface area contributed by atoms with E-state index >= 15 is 0 Å². The molecule has 0 fully saturated rings. The number of ether oxygens (including phenoxy) is 2. The number of hydrogen-bond acceptors (Lipinski definition) is 6. The van der Waals surface area contributed by atoms with Crippen molar-refractivity contribution in [3.05, 3.63) is 58.6 Å². The first-order valence-electron chi connectivity index (χ1n) is 10.3. The average molecular weight is 454 g/mol. The highest BCUT2D eigenvalue weighted by atomic mass is 32.1. The third-order valence-electron chi connectivity index (χ3n) is 5.00. The number of carbonyl (C=O) groups is 2. The van der Waals surface area contributed by atoms with E-state index in [0.717, 1.165) is 21.8 Å². The van der Waals surface area contributed by atoms with Crippen molar-refractivity contribution in [3.63, 3.8) is 0 Å². The van der Waals surface area contributed by atoms with Crippen LogP contribution in [0.4, 0.5) is 5.69 Å². The van der Waals surface area contributed by atoms with Gasteiger partial charge in [-0.25, -0.2) is 4.98 Å². The number of aromatic nitrogens is 1. The number of thiazole rings is 1. The van der Waals surface area contributed by atoms with Crippen molar-refractivity contribution in [1.29, 1.82) is 0 Å². The summed E-state index contributed by atoms with van der Waals surface area (Å²) >= 11 is 1.34. The smallest absolute Gasteiger partial charge is 0.263 e. The van der Waals surface area contributed by atoms with Crippen LogP contribution in [0.3, 0.4) is 0 Å². The van der Waals surface area contributed by atoms with Gasteiger partial charge in [0.1, 0.15) is 9.88 Å². The van der Waals surface area contributed by atoms with Crippen LogP contribution >= 0.6 is 11.3 Å². The van der Waals surface area contributed by atoms with Crippen LogP contribution in [0.1, 0.15) is 47.2 Å². The number of methoxy groups -OCH3 is 2. The molecule has 2 aromatic carbocycles. The molecule has 168 valence electrons. The summed E-state index contributed by atoms with van der Waals surface area (Å²) in [5, 5.41) is 6.58. The summed E-state index contributed by atoms with van der Waals surface area (Å²) in [7, 11) is 3.17. The molecule has 1 aromatic heterocycles. The van der Waals surface area contributed by atoms with Crippen molar-refractivity contribution in [1.82, 2.24) is 10.3 Å². The number of rotatable bonds is 8. The Kier molecular flexibility index (Phi) is 7.48. The summed E-state index contributed by atoms with van der Waals surface area (Å²) in [5.74, 6) is 1.03. The van der Waals surface area contributed by atoms with E-state index < -0.39 is 0 Å². The fourth-order valence-electron chi connectivity index (χ4n) is 3.15. The van der Waals surface area contributed by atoms with Crippen molar-refractivity contribution in [2.75, 3.05) is 19.5 Å². The van der Waals surface area contributed by atoms with Crippen LogP contribution in [0, 0.1) is 6.92 Å². The molecule has 0 saturated carbocycles. The van der Waals surface area contributed by atoms with Crippen LogP contribution in [-0.2, 0) is 4.79 Å². The van der Waals surface area contributed by atoms with E-state index in [1.165, 1.54) is 11.3 Å². The monoisotopic (exact) mass is 453 g/mol. The molecule has 1 unspecified atom stereocenters. The Balaban J connectivity index is 1.73. The molecule has 0 aliphatic heterocycles. The van der Waals surface area contributed by atoms with Gasteiger partial charge in [-0.3, -0.25) is 9.59 Å². The molecule has 0 saturated heterocycles. The fourth-order valence-corrected chi connectivity index (χ4v) is 4.12. The predicted octanol–water partition coefficient (Wildman–Crippen LogP) is 4.98. The lowest BCUT2D eigenvalue weighted by molar-refractivity contribution is -0.115. The number of hydrogen-bond donors (Lipinski definition) is 2. The topological polar surface area (TPSA) is 89.6 Å². The molecule has 0 aliphatic carbocycles. The van der Waals surface area contributed by atoms with E-state index in [4.69, 9.17) is 9.47 Å². The molecule has 0 spiro atoms. The maximum atomic E-state index is 12.9. The zero-order valence-electron chi connectivity index (χ0n) is 18.8. The van der Waals surface area contributed by atoms with Gasteiger partial charge in [0.15, 0.2) is 11.5 Å². The Labute approximate surface area is 191 Å². The molecule has 1 atom stereocenters. The second-order valence-corrected chi connectivity index (χ2v) is 8.22. The highest BCUT2D eigenvalue weighted by Crippen LogP contribution is 2.35. The van der Waals surface area contributed by atoms with Crippen LogP contribution < -0.4 is 20.1 Å². The lowest BCUT2D eigenvalue weighted by Gasteiger charge is -2.14. The molecular formula is C24H27N3O4S. The van der Waals surface area contributed by atoms with Gasteiger partial charge in [-0.2, -0.15) is 0 Å². The number of anilines is 1. The van der Waals surface area contributed by atoms with E-state index in [9.17, 15) is 9.59 Å². The Hall–Kier alpha value is -3.39. The van der Waals surface area contributed by atoms with Crippen molar-refractivity contribution < 1.29 is 19.1 Å². The van der Waals surface area contributed by atoms with Crippen molar-refractivity contribution in [3.8, 4) is 22.1 Å². The molecule has 8 heteroatoms. The van der Waals surface area contributed by atoms with Crippen molar-refractivity contribution in [2.45, 2.75) is 33.2 Å². The van der Waals surface area contributed by atoms with Gasteiger partial charge in [-0.05, 0) is 49.7 Å². The Morgan fingerprint density at radius 1 is 1.06 bits per heavy atom. The van der Waals surface area contributed by atoms with Gasteiger partial charge in [-0.15, -0.1) is 11.3 Å². The van der Waals surface area contributed by atoms with Gasteiger partial charge in [0.25, 0.3) is 5.91 Å². The highest BCUT2D eigenvalue weighted by Gasteiger charge is 2.19. The molecule has 2 amide bonds. The average Bonchev–Trinajstić information content (AvgIpc) is 3.20. The number of nitrogens with one attached hydrogen (secondary N) is 2. The summed E-state index contributed by atoms with van der Waals surface area (Å²) in [5.41, 5.74) is 3.20. The van der Waals surface area contributed by atoms with Crippen LogP contribution in [0.15, 0.2) is 42.5 Å². The van der Waals surface area contributed by atoms with Crippen LogP contribution in [-0.4, -0.2) is 31.0 Å². The summed E-state index contributed by atoms with van der Waals surface area (Å²) < 4.78 is 10.7. The number of nitrogens with zero attached hydrogens (tertiary/aromatic N) is 1. The van der Waals surface area contributed by atoms with E-state index in [1.54, 1.807) is 21.1 Å². The van der Waals surface area contributed by atoms with E-state index in [0.29, 0.717) is 28.5 Å². The third-order valence-corrected chi connectivity index (χ3v) is 6.20. The second kappa shape index (κ2) is 10.3. The first kappa shape index (κ1) is 23.3. The maximum absolute atomic E-state index is 12.9. The van der Waals surface area contributed by atoms with Gasteiger partial charge < -0.3 is 20.1 Å². The zero-order chi connectivity index (χ0) is 23.3. The minimum atomic E-state index is -0.204. The van der Waals surface area contributed by atoms with E-state index in [1.807, 2.05) is 56.3 Å². The molecule has 2 N–H and O–H groups in total. The van der Waals surface area contributed by atoms with Crippen molar-refractivity contribution >= 4 is 28.8 Å². The zero-order valence-corrected chi connectivity index (χ0v) is 19.6. The number of aryl methyl sites for hydroxylation is 1. The first-order chi connectivity index (χ1) is 15.4. The van der Waals surface area contributed by atoms with Crippen LogP contribution in [0.2, 0.25) is 0 Å².